The maximum absolute atomic E-state index is 13.5. The van der Waals surface area contributed by atoms with Crippen LogP contribution in [0.15, 0.2) is 82.6 Å². The minimum absolute atomic E-state index is 0.00231. The molecule has 0 atom stereocenters. The first-order chi connectivity index (χ1) is 22.4. The highest BCUT2D eigenvalue weighted by molar-refractivity contribution is 7.98. The van der Waals surface area contributed by atoms with Crippen molar-refractivity contribution in [2.45, 2.75) is 35.5 Å². The average molecular weight is 683 g/mol. The Hall–Kier alpha value is -5.11. The molecule has 0 heterocycles. The van der Waals surface area contributed by atoms with Crippen LogP contribution in [0.3, 0.4) is 0 Å². The van der Waals surface area contributed by atoms with E-state index in [9.17, 15) is 27.9 Å². The summed E-state index contributed by atoms with van der Waals surface area (Å²) < 4.78 is 43.6. The Labute approximate surface area is 278 Å². The monoisotopic (exact) mass is 682 g/mol. The highest BCUT2D eigenvalue weighted by Crippen LogP contribution is 2.31. The van der Waals surface area contributed by atoms with Crippen LogP contribution < -0.4 is 4.74 Å². The Morgan fingerprint density at radius 1 is 0.702 bits per heavy atom. The van der Waals surface area contributed by atoms with E-state index in [1.807, 2.05) is 42.8 Å². The number of phenols is 1. The fourth-order valence-corrected chi connectivity index (χ4v) is 4.71. The maximum Gasteiger partial charge on any atom is 0.303 e. The third kappa shape index (κ3) is 13.8. The number of carboxylic acid groups (broad SMARTS) is 2. The number of nitrogens with zero attached hydrogens (tertiary/aromatic N) is 2. The average Bonchev–Trinajstić information content (AvgIpc) is 3.03. The lowest BCUT2D eigenvalue weighted by Crippen LogP contribution is -2.00. The van der Waals surface area contributed by atoms with E-state index in [1.165, 1.54) is 23.9 Å². The van der Waals surface area contributed by atoms with Crippen molar-refractivity contribution >= 4 is 35.5 Å². The van der Waals surface area contributed by atoms with Crippen LogP contribution in [0.4, 0.5) is 13.2 Å². The number of nitriles is 2. The molecule has 3 N–H and O–H groups in total. The molecule has 4 aromatic carbocycles. The van der Waals surface area contributed by atoms with Crippen LogP contribution in [-0.4, -0.2) is 39.8 Å². The normalized spacial score (nSPS) is 9.85. The summed E-state index contributed by atoms with van der Waals surface area (Å²) >= 11 is 3.10. The first-order valence-corrected chi connectivity index (χ1v) is 16.0. The van der Waals surface area contributed by atoms with Gasteiger partial charge in [0.15, 0.2) is 0 Å². The number of aryl methyl sites for hydroxylation is 2. The fourth-order valence-electron chi connectivity index (χ4n) is 3.78. The molecule has 0 amide bonds. The van der Waals surface area contributed by atoms with Crippen molar-refractivity contribution in [1.82, 2.24) is 0 Å². The second-order valence-electron chi connectivity index (χ2n) is 9.42. The van der Waals surface area contributed by atoms with Crippen LogP contribution in [0.5, 0.6) is 17.2 Å². The summed E-state index contributed by atoms with van der Waals surface area (Å²) in [6, 6.07) is 20.6. The number of benzene rings is 4. The molecular formula is C34H29F3N2O6S2. The van der Waals surface area contributed by atoms with Gasteiger partial charge in [-0.15, -0.1) is 23.5 Å². The van der Waals surface area contributed by atoms with Gasteiger partial charge >= 0.3 is 11.9 Å². The Balaban J connectivity index is 0.000000271. The number of hydrogen-bond donors (Lipinski definition) is 3. The summed E-state index contributed by atoms with van der Waals surface area (Å²) in [7, 11) is 0. The second-order valence-corrected chi connectivity index (χ2v) is 11.2. The third-order valence-electron chi connectivity index (χ3n) is 5.99. The number of aliphatic carboxylic acids is 2. The summed E-state index contributed by atoms with van der Waals surface area (Å²) in [6.07, 6.45) is 4.55. The molecule has 8 nitrogen and oxygen atoms in total. The SMILES string of the molecule is CSc1ccc(O)c(CCC(=O)O)c1.CSc1ccc(Oc2cc(F)cc(C#N)c2)c(CCC(=O)O)c1.N#Cc1cc(F)cc(F)c1. The van der Waals surface area contributed by atoms with Crippen LogP contribution in [0.25, 0.3) is 0 Å². The fraction of sp³-hybridized carbons (Fsp3) is 0.176. The summed E-state index contributed by atoms with van der Waals surface area (Å²) in [4.78, 5) is 23.2. The number of aromatic hydroxyl groups is 1. The van der Waals surface area contributed by atoms with Gasteiger partial charge in [0.25, 0.3) is 0 Å². The topological polar surface area (TPSA) is 152 Å². The van der Waals surface area contributed by atoms with Crippen molar-refractivity contribution in [1.29, 1.82) is 10.5 Å². The molecule has 0 radical (unpaired) electrons. The van der Waals surface area contributed by atoms with E-state index in [1.54, 1.807) is 30.0 Å². The first kappa shape index (κ1) is 38.1. The van der Waals surface area contributed by atoms with Gasteiger partial charge in [0, 0.05) is 34.8 Å². The number of thioether (sulfide) groups is 2. The van der Waals surface area contributed by atoms with Crippen molar-refractivity contribution < 1.29 is 42.8 Å². The maximum atomic E-state index is 13.5. The van der Waals surface area contributed by atoms with E-state index in [-0.39, 0.29) is 35.5 Å². The Morgan fingerprint density at radius 2 is 1.17 bits per heavy atom. The number of rotatable bonds is 10. The molecule has 0 aliphatic rings. The zero-order chi connectivity index (χ0) is 34.9. The van der Waals surface area contributed by atoms with Crippen molar-refractivity contribution in [3.63, 3.8) is 0 Å². The van der Waals surface area contributed by atoms with Gasteiger partial charge in [0.2, 0.25) is 0 Å². The zero-order valence-corrected chi connectivity index (χ0v) is 26.8. The number of carboxylic acids is 2. The molecule has 0 saturated carbocycles. The van der Waals surface area contributed by atoms with Crippen molar-refractivity contribution in [3.8, 4) is 29.4 Å². The number of halogens is 3. The molecule has 13 heteroatoms. The van der Waals surface area contributed by atoms with Gasteiger partial charge in [0.05, 0.1) is 23.3 Å². The molecular weight excluding hydrogens is 654 g/mol. The van der Waals surface area contributed by atoms with Crippen LogP contribution in [0.2, 0.25) is 0 Å². The van der Waals surface area contributed by atoms with E-state index in [2.05, 4.69) is 0 Å². The highest BCUT2D eigenvalue weighted by atomic mass is 32.2. The predicted molar refractivity (Wildman–Crippen MR) is 172 cm³/mol. The third-order valence-corrected chi connectivity index (χ3v) is 7.44. The summed E-state index contributed by atoms with van der Waals surface area (Å²) in [5, 5.41) is 43.9. The standard InChI is InChI=1S/C17H14FNO3S.C10H12O3S.C7H3F2N/c1-23-15-3-4-16(12(8-15)2-5-17(20)21)22-14-7-11(10-19)6-13(18)9-14;1-14-8-3-4-9(11)7(6-8)2-5-10(12)13;8-6-1-5(4-10)2-7(9)3-6/h3-4,6-9H,2,5H2,1H3,(H,20,21);3-4,6,11H,2,5H2,1H3,(H,12,13);1-3H. The molecule has 244 valence electrons. The lowest BCUT2D eigenvalue weighted by Gasteiger charge is -2.12. The van der Waals surface area contributed by atoms with Gasteiger partial charge in [-0.05, 0) is 97.1 Å². The van der Waals surface area contributed by atoms with E-state index in [0.29, 0.717) is 24.2 Å². The van der Waals surface area contributed by atoms with Crippen LogP contribution in [0.1, 0.15) is 35.1 Å². The van der Waals surface area contributed by atoms with E-state index in [4.69, 9.17) is 25.5 Å². The molecule has 0 aliphatic heterocycles. The number of hydrogen-bond acceptors (Lipinski definition) is 8. The molecule has 0 fully saturated rings. The Morgan fingerprint density at radius 3 is 1.68 bits per heavy atom. The van der Waals surface area contributed by atoms with Gasteiger partial charge in [0.1, 0.15) is 34.7 Å². The van der Waals surface area contributed by atoms with Crippen molar-refractivity contribution in [2.75, 3.05) is 12.5 Å². The van der Waals surface area contributed by atoms with Gasteiger partial charge in [-0.2, -0.15) is 10.5 Å². The van der Waals surface area contributed by atoms with Gasteiger partial charge in [-0.3, -0.25) is 9.59 Å². The quantitative estimate of drug-likeness (QED) is 0.140. The summed E-state index contributed by atoms with van der Waals surface area (Å²) in [5.74, 6) is -2.93. The Kier molecular flexibility index (Phi) is 15.7. The largest absolute Gasteiger partial charge is 0.508 e. The van der Waals surface area contributed by atoms with Crippen LogP contribution in [-0.2, 0) is 22.4 Å². The molecule has 47 heavy (non-hydrogen) atoms. The molecule has 0 saturated heterocycles. The highest BCUT2D eigenvalue weighted by Gasteiger charge is 2.11. The van der Waals surface area contributed by atoms with E-state index in [0.717, 1.165) is 39.6 Å². The predicted octanol–water partition coefficient (Wildman–Crippen LogP) is 8.20. The molecule has 4 rings (SSSR count). The van der Waals surface area contributed by atoms with Gasteiger partial charge in [-0.1, -0.05) is 0 Å². The van der Waals surface area contributed by atoms with Crippen molar-refractivity contribution in [2.24, 2.45) is 0 Å². The zero-order valence-electron chi connectivity index (χ0n) is 25.2. The number of ether oxygens (including phenoxy) is 1. The second kappa shape index (κ2) is 19.4. The molecule has 4 aromatic rings. The minimum atomic E-state index is -0.900. The molecule has 0 aliphatic carbocycles. The number of phenolic OH excluding ortho intramolecular Hbond substituents is 1. The number of carbonyl (C=O) groups is 2. The molecule has 0 bridgehead atoms. The smallest absolute Gasteiger partial charge is 0.303 e. The lowest BCUT2D eigenvalue weighted by atomic mass is 10.1. The first-order valence-electron chi connectivity index (χ1n) is 13.6. The van der Waals surface area contributed by atoms with Gasteiger partial charge in [-0.25, -0.2) is 13.2 Å². The summed E-state index contributed by atoms with van der Waals surface area (Å²) in [5.41, 5.74) is 1.58. The van der Waals surface area contributed by atoms with Gasteiger partial charge < -0.3 is 20.1 Å². The summed E-state index contributed by atoms with van der Waals surface area (Å²) in [6.45, 7) is 0. The minimum Gasteiger partial charge on any atom is -0.508 e. The molecule has 0 aromatic heterocycles. The van der Waals surface area contributed by atoms with E-state index >= 15 is 0 Å². The molecule has 0 spiro atoms. The van der Waals surface area contributed by atoms with Crippen molar-refractivity contribution in [3.05, 3.63) is 113 Å². The molecule has 0 unspecified atom stereocenters. The van der Waals surface area contributed by atoms with Crippen LogP contribution in [0, 0.1) is 40.1 Å². The Bertz CT molecular complexity index is 1770. The van der Waals surface area contributed by atoms with E-state index < -0.39 is 29.4 Å². The lowest BCUT2D eigenvalue weighted by molar-refractivity contribution is -0.138. The van der Waals surface area contributed by atoms with Crippen LogP contribution >= 0.6 is 23.5 Å².